The van der Waals surface area contributed by atoms with Crippen LogP contribution in [-0.2, 0) is 24.4 Å². The summed E-state index contributed by atoms with van der Waals surface area (Å²) in [6, 6.07) is 18.6. The third kappa shape index (κ3) is 5.15. The SMILES string of the molecule is C[C@@H]1CN(Cc2ccccc2CNCc2cccc(C#N)c2)C[C@H](C)O1. The largest absolute Gasteiger partial charge is 0.373 e. The molecule has 136 valence electrons. The number of rotatable bonds is 6. The van der Waals surface area contributed by atoms with E-state index in [4.69, 9.17) is 10.00 Å². The minimum Gasteiger partial charge on any atom is -0.373 e. The highest BCUT2D eigenvalue weighted by Crippen LogP contribution is 2.17. The summed E-state index contributed by atoms with van der Waals surface area (Å²) in [5.41, 5.74) is 4.54. The van der Waals surface area contributed by atoms with Crippen LogP contribution in [0.4, 0.5) is 0 Å². The molecule has 0 unspecified atom stereocenters. The molecule has 4 heteroatoms. The molecule has 0 amide bonds. The second kappa shape index (κ2) is 8.95. The molecule has 26 heavy (non-hydrogen) atoms. The second-order valence-electron chi connectivity index (χ2n) is 7.14. The summed E-state index contributed by atoms with van der Waals surface area (Å²) < 4.78 is 5.84. The summed E-state index contributed by atoms with van der Waals surface area (Å²) in [6.45, 7) is 8.79. The average Bonchev–Trinajstić information content (AvgIpc) is 2.62. The molecule has 1 N–H and O–H groups in total. The molecule has 0 saturated carbocycles. The average molecular weight is 349 g/mol. The Hall–Kier alpha value is -2.19. The van der Waals surface area contributed by atoms with Crippen LogP contribution in [0.2, 0.25) is 0 Å². The lowest BCUT2D eigenvalue weighted by Gasteiger charge is -2.35. The van der Waals surface area contributed by atoms with Crippen LogP contribution in [0.15, 0.2) is 48.5 Å². The molecule has 0 bridgehead atoms. The van der Waals surface area contributed by atoms with Crippen molar-refractivity contribution in [2.24, 2.45) is 0 Å². The number of nitriles is 1. The lowest BCUT2D eigenvalue weighted by Crippen LogP contribution is -2.45. The van der Waals surface area contributed by atoms with Crippen molar-refractivity contribution in [3.05, 3.63) is 70.8 Å². The third-order valence-corrected chi connectivity index (χ3v) is 4.71. The fourth-order valence-electron chi connectivity index (χ4n) is 3.63. The summed E-state index contributed by atoms with van der Waals surface area (Å²) in [5.74, 6) is 0. The van der Waals surface area contributed by atoms with Gasteiger partial charge in [-0.2, -0.15) is 5.26 Å². The van der Waals surface area contributed by atoms with Crippen LogP contribution >= 0.6 is 0 Å². The molecule has 2 aromatic rings. The Morgan fingerprint density at radius 1 is 1.04 bits per heavy atom. The predicted octanol–water partition coefficient (Wildman–Crippen LogP) is 3.46. The van der Waals surface area contributed by atoms with Gasteiger partial charge in [0.15, 0.2) is 0 Å². The fraction of sp³-hybridized carbons (Fsp3) is 0.409. The normalized spacial score (nSPS) is 20.7. The van der Waals surface area contributed by atoms with Gasteiger partial charge in [-0.3, -0.25) is 4.90 Å². The van der Waals surface area contributed by atoms with E-state index in [1.165, 1.54) is 11.1 Å². The van der Waals surface area contributed by atoms with E-state index in [9.17, 15) is 0 Å². The quantitative estimate of drug-likeness (QED) is 0.868. The van der Waals surface area contributed by atoms with E-state index in [1.807, 2.05) is 18.2 Å². The van der Waals surface area contributed by atoms with Gasteiger partial charge in [-0.15, -0.1) is 0 Å². The monoisotopic (exact) mass is 349 g/mol. The van der Waals surface area contributed by atoms with Gasteiger partial charge in [0.1, 0.15) is 0 Å². The van der Waals surface area contributed by atoms with Crippen LogP contribution in [0.1, 0.15) is 36.1 Å². The van der Waals surface area contributed by atoms with Crippen molar-refractivity contribution in [3.8, 4) is 6.07 Å². The first-order chi connectivity index (χ1) is 12.6. The Kier molecular flexibility index (Phi) is 6.40. The second-order valence-corrected chi connectivity index (χ2v) is 7.14. The number of morpholine rings is 1. The Morgan fingerprint density at radius 3 is 2.50 bits per heavy atom. The summed E-state index contributed by atoms with van der Waals surface area (Å²) in [7, 11) is 0. The van der Waals surface area contributed by atoms with Crippen LogP contribution in [-0.4, -0.2) is 30.2 Å². The molecule has 1 saturated heterocycles. The highest BCUT2D eigenvalue weighted by Gasteiger charge is 2.22. The molecule has 4 nitrogen and oxygen atoms in total. The van der Waals surface area contributed by atoms with Gasteiger partial charge in [0.25, 0.3) is 0 Å². The van der Waals surface area contributed by atoms with Crippen LogP contribution in [0, 0.1) is 11.3 Å². The molecule has 0 aliphatic carbocycles. The van der Waals surface area contributed by atoms with Gasteiger partial charge in [0, 0.05) is 32.7 Å². The van der Waals surface area contributed by atoms with Crippen molar-refractivity contribution < 1.29 is 4.74 Å². The van der Waals surface area contributed by atoms with Crippen molar-refractivity contribution in [2.75, 3.05) is 13.1 Å². The number of benzene rings is 2. The van der Waals surface area contributed by atoms with E-state index in [-0.39, 0.29) is 12.2 Å². The standard InChI is InChI=1S/C22H27N3O/c1-17-14-25(15-18(2)26-17)16-22-9-4-3-8-21(22)13-24-12-20-7-5-6-19(10-20)11-23/h3-10,17-18,24H,12-16H2,1-2H3/t17-,18+. The zero-order valence-electron chi connectivity index (χ0n) is 15.6. The molecule has 1 aliphatic rings. The molecule has 3 rings (SSSR count). The summed E-state index contributed by atoms with van der Waals surface area (Å²) in [4.78, 5) is 2.48. The van der Waals surface area contributed by atoms with Gasteiger partial charge >= 0.3 is 0 Å². The molecule has 1 aliphatic heterocycles. The van der Waals surface area contributed by atoms with Crippen LogP contribution < -0.4 is 5.32 Å². The number of hydrogen-bond acceptors (Lipinski definition) is 4. The van der Waals surface area contributed by atoms with Gasteiger partial charge < -0.3 is 10.1 Å². The molecule has 0 spiro atoms. The van der Waals surface area contributed by atoms with Gasteiger partial charge in [0.05, 0.1) is 23.8 Å². The molecule has 2 atom stereocenters. The topological polar surface area (TPSA) is 48.3 Å². The predicted molar refractivity (Wildman–Crippen MR) is 103 cm³/mol. The number of ether oxygens (including phenoxy) is 1. The number of hydrogen-bond donors (Lipinski definition) is 1. The minimum absolute atomic E-state index is 0.288. The van der Waals surface area contributed by atoms with Crippen LogP contribution in [0.5, 0.6) is 0 Å². The molecule has 1 fully saturated rings. The van der Waals surface area contributed by atoms with Gasteiger partial charge in [-0.05, 0) is 42.7 Å². The number of nitrogens with zero attached hydrogens (tertiary/aromatic N) is 2. The molecule has 1 heterocycles. The Labute approximate surface area is 156 Å². The summed E-state index contributed by atoms with van der Waals surface area (Å²) in [5, 5.41) is 12.5. The van der Waals surface area contributed by atoms with E-state index in [0.29, 0.717) is 5.56 Å². The van der Waals surface area contributed by atoms with E-state index in [2.05, 4.69) is 60.5 Å². The van der Waals surface area contributed by atoms with Crippen LogP contribution in [0.25, 0.3) is 0 Å². The fourth-order valence-corrected chi connectivity index (χ4v) is 3.63. The highest BCUT2D eigenvalue weighted by atomic mass is 16.5. The van der Waals surface area contributed by atoms with Gasteiger partial charge in [0.2, 0.25) is 0 Å². The zero-order valence-corrected chi connectivity index (χ0v) is 15.6. The number of nitrogens with one attached hydrogen (secondary N) is 1. The third-order valence-electron chi connectivity index (χ3n) is 4.71. The van der Waals surface area contributed by atoms with Crippen LogP contribution in [0.3, 0.4) is 0 Å². The van der Waals surface area contributed by atoms with Gasteiger partial charge in [-0.25, -0.2) is 0 Å². The van der Waals surface area contributed by atoms with E-state index >= 15 is 0 Å². The van der Waals surface area contributed by atoms with Gasteiger partial charge in [-0.1, -0.05) is 36.4 Å². The maximum absolute atomic E-state index is 9.01. The van der Waals surface area contributed by atoms with Crippen molar-refractivity contribution in [1.82, 2.24) is 10.2 Å². The van der Waals surface area contributed by atoms with Crippen molar-refractivity contribution in [3.63, 3.8) is 0 Å². The van der Waals surface area contributed by atoms with E-state index in [0.717, 1.165) is 38.3 Å². The minimum atomic E-state index is 0.288. The van der Waals surface area contributed by atoms with Crippen molar-refractivity contribution >= 4 is 0 Å². The lowest BCUT2D eigenvalue weighted by molar-refractivity contribution is -0.0705. The van der Waals surface area contributed by atoms with E-state index < -0.39 is 0 Å². The first-order valence-corrected chi connectivity index (χ1v) is 9.28. The van der Waals surface area contributed by atoms with E-state index in [1.54, 1.807) is 0 Å². The maximum Gasteiger partial charge on any atom is 0.0991 e. The first-order valence-electron chi connectivity index (χ1n) is 9.28. The molecule has 2 aromatic carbocycles. The summed E-state index contributed by atoms with van der Waals surface area (Å²) in [6.07, 6.45) is 0.577. The molecule has 0 radical (unpaired) electrons. The zero-order chi connectivity index (χ0) is 18.4. The lowest BCUT2D eigenvalue weighted by atomic mass is 10.1. The van der Waals surface area contributed by atoms with Crippen molar-refractivity contribution in [2.45, 2.75) is 45.7 Å². The Morgan fingerprint density at radius 2 is 1.77 bits per heavy atom. The smallest absolute Gasteiger partial charge is 0.0991 e. The molecular formula is C22H27N3O. The van der Waals surface area contributed by atoms with Crippen molar-refractivity contribution in [1.29, 1.82) is 5.26 Å². The Balaban J connectivity index is 1.59. The maximum atomic E-state index is 9.01. The highest BCUT2D eigenvalue weighted by molar-refractivity contribution is 5.33. The molecule has 0 aromatic heterocycles. The Bertz CT molecular complexity index is 758. The molecular weight excluding hydrogens is 322 g/mol. The summed E-state index contributed by atoms with van der Waals surface area (Å²) >= 11 is 0. The first kappa shape index (κ1) is 18.6.